The number of carboxylic acids is 1. The van der Waals surface area contributed by atoms with Gasteiger partial charge in [0.1, 0.15) is 18.1 Å². The number of aliphatic hydroxyl groups is 1. The molecular formula is C18H30N6O7. The van der Waals surface area contributed by atoms with E-state index in [0.29, 0.717) is 13.1 Å². The first-order chi connectivity index (χ1) is 14.5. The molecule has 13 heteroatoms. The van der Waals surface area contributed by atoms with Crippen molar-refractivity contribution in [2.75, 3.05) is 26.2 Å². The second-order valence-corrected chi connectivity index (χ2v) is 7.96. The van der Waals surface area contributed by atoms with Gasteiger partial charge in [-0.2, -0.15) is 0 Å². The molecule has 4 atom stereocenters. The molecule has 2 aliphatic rings. The highest BCUT2D eigenvalue weighted by Gasteiger charge is 2.42. The zero-order valence-corrected chi connectivity index (χ0v) is 17.5. The number of nitrogens with one attached hydrogen (secondary N) is 6. The third-order valence-electron chi connectivity index (χ3n) is 5.23. The SMILES string of the molecule is C[C@@H]1NC(=O)CNC(=O)[C@H]([C@@H](C)O)NC2(CNC2)CNC(=O)[C@H](CCC(=O)O)NC1=O. The molecule has 0 radical (unpaired) electrons. The highest BCUT2D eigenvalue weighted by Crippen LogP contribution is 2.13. The second kappa shape index (κ2) is 10.5. The predicted octanol–water partition coefficient (Wildman–Crippen LogP) is -4.23. The van der Waals surface area contributed by atoms with Gasteiger partial charge in [-0.3, -0.25) is 29.3 Å². The summed E-state index contributed by atoms with van der Waals surface area (Å²) in [5, 5.41) is 35.1. The molecule has 4 amide bonds. The first-order valence-corrected chi connectivity index (χ1v) is 10.1. The lowest BCUT2D eigenvalue weighted by Gasteiger charge is -2.46. The Morgan fingerprint density at radius 3 is 2.29 bits per heavy atom. The van der Waals surface area contributed by atoms with Gasteiger partial charge in [-0.05, 0) is 20.3 Å². The molecule has 0 aromatic carbocycles. The minimum Gasteiger partial charge on any atom is -0.481 e. The molecule has 2 heterocycles. The third kappa shape index (κ3) is 6.87. The van der Waals surface area contributed by atoms with Crippen LogP contribution in [0.4, 0.5) is 0 Å². The fraction of sp³-hybridized carbons (Fsp3) is 0.722. The van der Waals surface area contributed by atoms with Gasteiger partial charge in [-0.1, -0.05) is 0 Å². The monoisotopic (exact) mass is 442 g/mol. The predicted molar refractivity (Wildman–Crippen MR) is 107 cm³/mol. The Balaban J connectivity index is 2.25. The molecule has 1 spiro atoms. The summed E-state index contributed by atoms with van der Waals surface area (Å²) in [5.41, 5.74) is -0.744. The van der Waals surface area contributed by atoms with Crippen LogP contribution in [-0.4, -0.2) is 95.8 Å². The number of aliphatic carboxylic acids is 1. The summed E-state index contributed by atoms with van der Waals surface area (Å²) in [5.74, 6) is -3.62. The van der Waals surface area contributed by atoms with E-state index in [1.54, 1.807) is 0 Å². The Morgan fingerprint density at radius 2 is 1.74 bits per heavy atom. The lowest BCUT2D eigenvalue weighted by molar-refractivity contribution is -0.138. The topological polar surface area (TPSA) is 198 Å². The van der Waals surface area contributed by atoms with Gasteiger partial charge >= 0.3 is 5.97 Å². The molecule has 2 aliphatic heterocycles. The maximum absolute atomic E-state index is 12.7. The van der Waals surface area contributed by atoms with E-state index in [9.17, 15) is 29.1 Å². The minimum absolute atomic E-state index is 0.0709. The summed E-state index contributed by atoms with van der Waals surface area (Å²) in [6.45, 7) is 3.28. The van der Waals surface area contributed by atoms with Crippen LogP contribution >= 0.6 is 0 Å². The zero-order valence-electron chi connectivity index (χ0n) is 17.5. The minimum atomic E-state index is -1.12. The van der Waals surface area contributed by atoms with Crippen LogP contribution in [0, 0.1) is 0 Å². The molecule has 31 heavy (non-hydrogen) atoms. The standard InChI is InChI=1S/C18H30N6O7/c1-9-15(29)23-11(3-4-13(27)28)16(30)21-8-18(6-19-7-18)24-14(10(2)25)17(31)20-5-12(26)22-9/h9-11,14,19,24-25H,3-8H2,1-2H3,(H,20,31)(H,21,30)(H,22,26)(H,23,29)(H,27,28)/t9-,10+,11-,14-/m0/s1. The number of rotatable bonds is 4. The van der Waals surface area contributed by atoms with E-state index in [1.807, 2.05) is 0 Å². The summed E-state index contributed by atoms with van der Waals surface area (Å²) < 4.78 is 0. The molecule has 0 aromatic rings. The van der Waals surface area contributed by atoms with Crippen LogP contribution in [0.3, 0.4) is 0 Å². The average molecular weight is 442 g/mol. The second-order valence-electron chi connectivity index (χ2n) is 7.96. The van der Waals surface area contributed by atoms with E-state index in [4.69, 9.17) is 5.11 Å². The van der Waals surface area contributed by atoms with Crippen molar-refractivity contribution in [3.8, 4) is 0 Å². The lowest BCUT2D eigenvalue weighted by atomic mass is 9.90. The molecule has 174 valence electrons. The van der Waals surface area contributed by atoms with Crippen molar-refractivity contribution >= 4 is 29.6 Å². The fourth-order valence-corrected chi connectivity index (χ4v) is 3.29. The van der Waals surface area contributed by atoms with E-state index >= 15 is 0 Å². The summed E-state index contributed by atoms with van der Waals surface area (Å²) in [4.78, 5) is 60.7. The first-order valence-electron chi connectivity index (χ1n) is 10.1. The summed E-state index contributed by atoms with van der Waals surface area (Å²) in [6.07, 6.45) is -1.56. The summed E-state index contributed by atoms with van der Waals surface area (Å²) in [7, 11) is 0. The van der Waals surface area contributed by atoms with E-state index in [-0.39, 0.29) is 19.4 Å². The van der Waals surface area contributed by atoms with Crippen LogP contribution in [0.1, 0.15) is 26.7 Å². The molecular weight excluding hydrogens is 412 g/mol. The van der Waals surface area contributed by atoms with Crippen molar-refractivity contribution in [1.29, 1.82) is 0 Å². The normalized spacial score (nSPS) is 28.7. The van der Waals surface area contributed by atoms with Crippen molar-refractivity contribution < 1.29 is 34.2 Å². The number of amides is 4. The van der Waals surface area contributed by atoms with Crippen LogP contribution in [0.5, 0.6) is 0 Å². The van der Waals surface area contributed by atoms with Crippen molar-refractivity contribution in [2.24, 2.45) is 0 Å². The molecule has 0 saturated carbocycles. The Morgan fingerprint density at radius 1 is 1.06 bits per heavy atom. The third-order valence-corrected chi connectivity index (χ3v) is 5.23. The van der Waals surface area contributed by atoms with Gasteiger partial charge in [0.2, 0.25) is 23.6 Å². The van der Waals surface area contributed by atoms with Crippen molar-refractivity contribution in [1.82, 2.24) is 31.9 Å². The van der Waals surface area contributed by atoms with Crippen LogP contribution in [0.15, 0.2) is 0 Å². The summed E-state index contributed by atoms with van der Waals surface area (Å²) >= 11 is 0. The van der Waals surface area contributed by atoms with Gasteiger partial charge in [0.15, 0.2) is 0 Å². The molecule has 0 bridgehead atoms. The van der Waals surface area contributed by atoms with E-state index < -0.39 is 65.9 Å². The molecule has 0 aromatic heterocycles. The van der Waals surface area contributed by atoms with Gasteiger partial charge in [-0.15, -0.1) is 0 Å². The fourth-order valence-electron chi connectivity index (χ4n) is 3.29. The number of carboxylic acid groups (broad SMARTS) is 1. The highest BCUT2D eigenvalue weighted by atomic mass is 16.4. The highest BCUT2D eigenvalue weighted by molar-refractivity contribution is 5.93. The Labute approximate surface area is 179 Å². The molecule has 2 rings (SSSR count). The van der Waals surface area contributed by atoms with Crippen LogP contribution in [-0.2, 0) is 24.0 Å². The van der Waals surface area contributed by atoms with Crippen molar-refractivity contribution in [3.63, 3.8) is 0 Å². The number of carbonyl (C=O) groups is 5. The van der Waals surface area contributed by atoms with Gasteiger partial charge < -0.3 is 36.8 Å². The number of hydrogen-bond acceptors (Lipinski definition) is 8. The van der Waals surface area contributed by atoms with Crippen LogP contribution in [0.2, 0.25) is 0 Å². The van der Waals surface area contributed by atoms with Crippen LogP contribution in [0.25, 0.3) is 0 Å². The Hall–Kier alpha value is -2.77. The lowest BCUT2D eigenvalue weighted by Crippen LogP contribution is -2.76. The molecule has 13 nitrogen and oxygen atoms in total. The molecule has 8 N–H and O–H groups in total. The quantitative estimate of drug-likeness (QED) is 0.212. The summed E-state index contributed by atoms with van der Waals surface area (Å²) in [6, 6.07) is -3.19. The molecule has 0 aliphatic carbocycles. The van der Waals surface area contributed by atoms with Gasteiger partial charge in [0.25, 0.3) is 0 Å². The Kier molecular flexibility index (Phi) is 8.30. The maximum Gasteiger partial charge on any atom is 0.303 e. The van der Waals surface area contributed by atoms with Crippen LogP contribution < -0.4 is 31.9 Å². The van der Waals surface area contributed by atoms with Gasteiger partial charge in [0.05, 0.1) is 18.2 Å². The van der Waals surface area contributed by atoms with E-state index in [2.05, 4.69) is 31.9 Å². The largest absolute Gasteiger partial charge is 0.481 e. The number of hydrogen-bond donors (Lipinski definition) is 8. The number of carbonyl (C=O) groups excluding carboxylic acids is 4. The number of aliphatic hydroxyl groups excluding tert-OH is 1. The first kappa shape index (κ1) is 24.5. The molecule has 2 saturated heterocycles. The smallest absolute Gasteiger partial charge is 0.303 e. The average Bonchev–Trinajstić information content (AvgIpc) is 2.66. The van der Waals surface area contributed by atoms with E-state index in [1.165, 1.54) is 13.8 Å². The zero-order chi connectivity index (χ0) is 23.2. The Bertz CT molecular complexity index is 724. The van der Waals surface area contributed by atoms with Crippen molar-refractivity contribution in [3.05, 3.63) is 0 Å². The van der Waals surface area contributed by atoms with Gasteiger partial charge in [0, 0.05) is 26.1 Å². The van der Waals surface area contributed by atoms with E-state index in [0.717, 1.165) is 0 Å². The molecule has 2 fully saturated rings. The maximum atomic E-state index is 12.7. The van der Waals surface area contributed by atoms with Crippen molar-refractivity contribution in [2.45, 2.75) is 56.5 Å². The van der Waals surface area contributed by atoms with Gasteiger partial charge in [-0.25, -0.2) is 0 Å². The molecule has 0 unspecified atom stereocenters.